The van der Waals surface area contributed by atoms with E-state index in [1.165, 1.54) is 0 Å². The van der Waals surface area contributed by atoms with E-state index in [1.807, 2.05) is 24.3 Å². The van der Waals surface area contributed by atoms with Gasteiger partial charge in [-0.15, -0.1) is 0 Å². The van der Waals surface area contributed by atoms with Crippen LogP contribution in [0.25, 0.3) is 10.8 Å². The quantitative estimate of drug-likeness (QED) is 0.571. The summed E-state index contributed by atoms with van der Waals surface area (Å²) in [5.74, 6) is 0.246. The molecule has 1 aromatic heterocycles. The third-order valence-corrected chi connectivity index (χ3v) is 2.99. The Balaban J connectivity index is 2.26. The van der Waals surface area contributed by atoms with Gasteiger partial charge in [-0.2, -0.15) is 0 Å². The SMILES string of the molecule is CCCCCC(=O)c1cccc2cnccc12. The van der Waals surface area contributed by atoms with E-state index in [0.29, 0.717) is 6.42 Å². The minimum Gasteiger partial charge on any atom is -0.294 e. The van der Waals surface area contributed by atoms with E-state index < -0.39 is 0 Å². The highest BCUT2D eigenvalue weighted by Gasteiger charge is 2.08. The molecule has 0 bridgehead atoms. The number of nitrogens with zero attached hydrogens (tertiary/aromatic N) is 1. The molecule has 0 N–H and O–H groups in total. The Morgan fingerprint density at radius 1 is 1.24 bits per heavy atom. The topological polar surface area (TPSA) is 30.0 Å². The number of aromatic nitrogens is 1. The lowest BCUT2D eigenvalue weighted by molar-refractivity contribution is 0.0981. The summed E-state index contributed by atoms with van der Waals surface area (Å²) in [7, 11) is 0. The number of Topliss-reactive ketones (excluding diaryl/α,β-unsaturated/α-hetero) is 1. The number of carbonyl (C=O) groups is 1. The van der Waals surface area contributed by atoms with Gasteiger partial charge >= 0.3 is 0 Å². The van der Waals surface area contributed by atoms with Crippen LogP contribution in [-0.2, 0) is 0 Å². The molecular formula is C15H17NO. The molecule has 0 unspecified atom stereocenters. The molecule has 2 rings (SSSR count). The molecule has 0 radical (unpaired) electrons. The largest absolute Gasteiger partial charge is 0.294 e. The lowest BCUT2D eigenvalue weighted by atomic mass is 9.99. The number of hydrogen-bond acceptors (Lipinski definition) is 2. The minimum atomic E-state index is 0.246. The third-order valence-electron chi connectivity index (χ3n) is 2.99. The summed E-state index contributed by atoms with van der Waals surface area (Å²) in [6, 6.07) is 7.75. The van der Waals surface area contributed by atoms with Crippen molar-refractivity contribution in [3.8, 4) is 0 Å². The number of benzene rings is 1. The van der Waals surface area contributed by atoms with Crippen LogP contribution in [0.15, 0.2) is 36.7 Å². The van der Waals surface area contributed by atoms with Crippen molar-refractivity contribution in [2.24, 2.45) is 0 Å². The summed E-state index contributed by atoms with van der Waals surface area (Å²) in [6.07, 6.45) is 7.44. The van der Waals surface area contributed by atoms with Gasteiger partial charge in [0.1, 0.15) is 0 Å². The molecule has 2 nitrogen and oxygen atoms in total. The number of rotatable bonds is 5. The molecule has 0 aliphatic rings. The van der Waals surface area contributed by atoms with Crippen molar-refractivity contribution in [3.63, 3.8) is 0 Å². The highest BCUT2D eigenvalue weighted by Crippen LogP contribution is 2.19. The standard InChI is InChI=1S/C15H17NO/c1-2-3-4-8-15(17)14-7-5-6-12-11-16-10-9-13(12)14/h5-7,9-11H,2-4,8H2,1H3. The molecule has 2 aromatic rings. The van der Waals surface area contributed by atoms with Crippen LogP contribution < -0.4 is 0 Å². The predicted octanol–water partition coefficient (Wildman–Crippen LogP) is 4.00. The smallest absolute Gasteiger partial charge is 0.163 e. The molecule has 0 aliphatic heterocycles. The van der Waals surface area contributed by atoms with Gasteiger partial charge in [0, 0.05) is 29.8 Å². The fraction of sp³-hybridized carbons (Fsp3) is 0.333. The van der Waals surface area contributed by atoms with E-state index in [4.69, 9.17) is 0 Å². The zero-order valence-corrected chi connectivity index (χ0v) is 10.1. The van der Waals surface area contributed by atoms with Gasteiger partial charge in [0.05, 0.1) is 0 Å². The second kappa shape index (κ2) is 5.58. The van der Waals surface area contributed by atoms with Gasteiger partial charge in [-0.05, 0) is 17.9 Å². The van der Waals surface area contributed by atoms with Gasteiger partial charge in [-0.1, -0.05) is 38.0 Å². The Bertz CT molecular complexity index is 514. The zero-order chi connectivity index (χ0) is 12.1. The number of unbranched alkanes of at least 4 members (excludes halogenated alkanes) is 2. The maximum Gasteiger partial charge on any atom is 0.163 e. The summed E-state index contributed by atoms with van der Waals surface area (Å²) < 4.78 is 0. The van der Waals surface area contributed by atoms with Crippen LogP contribution in [0.5, 0.6) is 0 Å². The Kier molecular flexibility index (Phi) is 3.86. The average Bonchev–Trinajstić information content (AvgIpc) is 2.38. The van der Waals surface area contributed by atoms with Crippen molar-refractivity contribution in [2.75, 3.05) is 0 Å². The zero-order valence-electron chi connectivity index (χ0n) is 10.1. The summed E-state index contributed by atoms with van der Waals surface area (Å²) in [5, 5.41) is 2.05. The third kappa shape index (κ3) is 2.70. The molecule has 0 spiro atoms. The summed E-state index contributed by atoms with van der Waals surface area (Å²) in [6.45, 7) is 2.15. The molecule has 0 aliphatic carbocycles. The van der Waals surface area contributed by atoms with Crippen LogP contribution in [0.4, 0.5) is 0 Å². The van der Waals surface area contributed by atoms with Crippen LogP contribution in [0.1, 0.15) is 43.0 Å². The Morgan fingerprint density at radius 2 is 2.12 bits per heavy atom. The molecule has 0 saturated carbocycles. The number of fused-ring (bicyclic) bond motifs is 1. The van der Waals surface area contributed by atoms with Gasteiger partial charge in [-0.3, -0.25) is 9.78 Å². The van der Waals surface area contributed by atoms with Crippen molar-refractivity contribution in [1.82, 2.24) is 4.98 Å². The fourth-order valence-electron chi connectivity index (χ4n) is 2.04. The van der Waals surface area contributed by atoms with Gasteiger partial charge in [-0.25, -0.2) is 0 Å². The van der Waals surface area contributed by atoms with Crippen LogP contribution in [0, 0.1) is 0 Å². The number of ketones is 1. The number of pyridine rings is 1. The fourth-order valence-corrected chi connectivity index (χ4v) is 2.04. The van der Waals surface area contributed by atoms with E-state index in [0.717, 1.165) is 35.6 Å². The van der Waals surface area contributed by atoms with Crippen LogP contribution >= 0.6 is 0 Å². The van der Waals surface area contributed by atoms with Gasteiger partial charge < -0.3 is 0 Å². The summed E-state index contributed by atoms with van der Waals surface area (Å²) >= 11 is 0. The molecule has 0 saturated heterocycles. The molecule has 1 heterocycles. The second-order valence-corrected chi connectivity index (χ2v) is 4.28. The first-order chi connectivity index (χ1) is 8.33. The van der Waals surface area contributed by atoms with Crippen molar-refractivity contribution >= 4 is 16.6 Å². The van der Waals surface area contributed by atoms with E-state index in [1.54, 1.807) is 12.4 Å². The first kappa shape index (κ1) is 11.8. The minimum absolute atomic E-state index is 0.246. The molecule has 0 fully saturated rings. The van der Waals surface area contributed by atoms with Crippen LogP contribution in [0.2, 0.25) is 0 Å². The maximum atomic E-state index is 12.1. The molecule has 2 heteroatoms. The predicted molar refractivity (Wildman–Crippen MR) is 70.2 cm³/mol. The van der Waals surface area contributed by atoms with Gasteiger partial charge in [0.2, 0.25) is 0 Å². The number of hydrogen-bond donors (Lipinski definition) is 0. The normalized spacial score (nSPS) is 10.6. The first-order valence-electron chi connectivity index (χ1n) is 6.19. The Hall–Kier alpha value is -1.70. The summed E-state index contributed by atoms with van der Waals surface area (Å²) in [4.78, 5) is 16.2. The van der Waals surface area contributed by atoms with Crippen molar-refractivity contribution < 1.29 is 4.79 Å². The van der Waals surface area contributed by atoms with E-state index >= 15 is 0 Å². The van der Waals surface area contributed by atoms with Crippen LogP contribution in [0.3, 0.4) is 0 Å². The lowest BCUT2D eigenvalue weighted by Crippen LogP contribution is -2.00. The average molecular weight is 227 g/mol. The lowest BCUT2D eigenvalue weighted by Gasteiger charge is -2.05. The molecule has 1 aromatic carbocycles. The van der Waals surface area contributed by atoms with E-state index in [-0.39, 0.29) is 5.78 Å². The highest BCUT2D eigenvalue weighted by atomic mass is 16.1. The molecule has 17 heavy (non-hydrogen) atoms. The van der Waals surface area contributed by atoms with Crippen molar-refractivity contribution in [3.05, 3.63) is 42.2 Å². The van der Waals surface area contributed by atoms with Gasteiger partial charge in [0.25, 0.3) is 0 Å². The number of carbonyl (C=O) groups excluding carboxylic acids is 1. The van der Waals surface area contributed by atoms with Gasteiger partial charge in [0.15, 0.2) is 5.78 Å². The Labute approximate surface area is 102 Å². The molecule has 0 atom stereocenters. The Morgan fingerprint density at radius 3 is 2.94 bits per heavy atom. The highest BCUT2D eigenvalue weighted by molar-refractivity contribution is 6.07. The van der Waals surface area contributed by atoms with E-state index in [9.17, 15) is 4.79 Å². The molecule has 88 valence electrons. The van der Waals surface area contributed by atoms with Crippen molar-refractivity contribution in [2.45, 2.75) is 32.6 Å². The monoisotopic (exact) mass is 227 g/mol. The van der Waals surface area contributed by atoms with Crippen molar-refractivity contribution in [1.29, 1.82) is 0 Å². The maximum absolute atomic E-state index is 12.1. The second-order valence-electron chi connectivity index (χ2n) is 4.28. The summed E-state index contributed by atoms with van der Waals surface area (Å²) in [5.41, 5.74) is 0.834. The van der Waals surface area contributed by atoms with E-state index in [2.05, 4.69) is 11.9 Å². The molecule has 0 amide bonds. The first-order valence-corrected chi connectivity index (χ1v) is 6.19. The molecular weight excluding hydrogens is 210 g/mol. The van der Waals surface area contributed by atoms with Crippen LogP contribution in [-0.4, -0.2) is 10.8 Å².